The molecule has 0 bridgehead atoms. The lowest BCUT2D eigenvalue weighted by molar-refractivity contribution is -0.151. The maximum Gasteiger partial charge on any atom is 0.229 e. The molecule has 0 saturated carbocycles. The average Bonchev–Trinajstić information content (AvgIpc) is 2.45. The van der Waals surface area contributed by atoms with E-state index < -0.39 is 0 Å². The van der Waals surface area contributed by atoms with Gasteiger partial charge in [-0.15, -0.1) is 13.0 Å². The second-order valence-corrected chi connectivity index (χ2v) is 4.56. The van der Waals surface area contributed by atoms with E-state index in [2.05, 4.69) is 18.6 Å². The van der Waals surface area contributed by atoms with Crippen molar-refractivity contribution in [1.82, 2.24) is 4.90 Å². The summed E-state index contributed by atoms with van der Waals surface area (Å²) in [5, 5.41) is 0. The molecule has 1 fully saturated rings. The van der Waals surface area contributed by atoms with Gasteiger partial charge in [-0.2, -0.15) is 0 Å². The Morgan fingerprint density at radius 2 is 2.11 bits per heavy atom. The number of nitrogens with zero attached hydrogens (tertiary/aromatic N) is 1. The molecule has 19 heavy (non-hydrogen) atoms. The number of amides is 1. The summed E-state index contributed by atoms with van der Waals surface area (Å²) >= 11 is 0. The van der Waals surface area contributed by atoms with Crippen molar-refractivity contribution in [1.29, 1.82) is 0 Å². The number of benzene rings is 1. The Bertz CT molecular complexity index is 524. The molecule has 96 valence electrons. The van der Waals surface area contributed by atoms with Crippen molar-refractivity contribution in [3.63, 3.8) is 0 Å². The van der Waals surface area contributed by atoms with Gasteiger partial charge in [0.1, 0.15) is 0 Å². The summed E-state index contributed by atoms with van der Waals surface area (Å²) in [5.41, 5.74) is 1.12. The summed E-state index contributed by atoms with van der Waals surface area (Å²) in [7, 11) is 0. The van der Waals surface area contributed by atoms with Gasteiger partial charge in [0.25, 0.3) is 0 Å². The van der Waals surface area contributed by atoms with Gasteiger partial charge >= 0.3 is 0 Å². The molecule has 1 saturated heterocycles. The van der Waals surface area contributed by atoms with Crippen LogP contribution in [-0.2, 0) is 4.79 Å². The molecular weight excluding hydrogens is 234 g/mol. The summed E-state index contributed by atoms with van der Waals surface area (Å²) in [6.45, 7) is 4.08. The van der Waals surface area contributed by atoms with E-state index in [9.17, 15) is 4.79 Å². The van der Waals surface area contributed by atoms with Crippen molar-refractivity contribution in [2.75, 3.05) is 6.54 Å². The number of hydrogen-bond donors (Lipinski definition) is 0. The van der Waals surface area contributed by atoms with Crippen LogP contribution < -0.4 is 0 Å². The third-order valence-corrected chi connectivity index (χ3v) is 3.34. The molecule has 2 rings (SSSR count). The smallest absolute Gasteiger partial charge is 0.229 e. The zero-order chi connectivity index (χ0) is 13.7. The van der Waals surface area contributed by atoms with Crippen molar-refractivity contribution in [3.05, 3.63) is 54.6 Å². The monoisotopic (exact) mass is 251 g/mol. The average molecular weight is 251 g/mol. The van der Waals surface area contributed by atoms with Crippen LogP contribution >= 0.6 is 0 Å². The third kappa shape index (κ3) is 2.77. The van der Waals surface area contributed by atoms with Gasteiger partial charge in [0.15, 0.2) is 0 Å². The lowest BCUT2D eigenvalue weighted by atomic mass is 9.84. The van der Waals surface area contributed by atoms with Gasteiger partial charge < -0.3 is 4.90 Å². The molecule has 0 aliphatic carbocycles. The number of carbonyl (C=O) groups excluding carboxylic acids is 1. The zero-order valence-corrected chi connectivity index (χ0v) is 10.8. The predicted molar refractivity (Wildman–Crippen MR) is 78.1 cm³/mol. The van der Waals surface area contributed by atoms with Crippen LogP contribution in [0.1, 0.15) is 12.0 Å². The Balaban J connectivity index is 2.11. The fourth-order valence-electron chi connectivity index (χ4n) is 2.35. The van der Waals surface area contributed by atoms with Crippen molar-refractivity contribution >= 4 is 12.0 Å². The van der Waals surface area contributed by atoms with Crippen molar-refractivity contribution in [2.24, 2.45) is 5.92 Å². The Kier molecular flexibility index (Phi) is 4.20. The molecule has 2 heteroatoms. The summed E-state index contributed by atoms with van der Waals surface area (Å²) < 4.78 is 0. The van der Waals surface area contributed by atoms with Gasteiger partial charge in [0.2, 0.25) is 5.91 Å². The van der Waals surface area contributed by atoms with Crippen LogP contribution in [0.5, 0.6) is 0 Å². The fourth-order valence-corrected chi connectivity index (χ4v) is 2.35. The van der Waals surface area contributed by atoms with Crippen LogP contribution in [0.3, 0.4) is 0 Å². The maximum atomic E-state index is 11.9. The molecule has 1 aliphatic rings. The number of hydrogen-bond acceptors (Lipinski definition) is 1. The number of carbonyl (C=O) groups is 1. The van der Waals surface area contributed by atoms with Gasteiger partial charge in [-0.3, -0.25) is 4.79 Å². The highest BCUT2D eigenvalue weighted by molar-refractivity contribution is 5.87. The Morgan fingerprint density at radius 3 is 2.74 bits per heavy atom. The molecule has 0 radical (unpaired) electrons. The molecule has 0 spiro atoms. The van der Waals surface area contributed by atoms with Crippen molar-refractivity contribution < 1.29 is 4.79 Å². The minimum Gasteiger partial charge on any atom is -0.324 e. The summed E-state index contributed by atoms with van der Waals surface area (Å²) in [5.74, 6) is 2.65. The third-order valence-electron chi connectivity index (χ3n) is 3.34. The van der Waals surface area contributed by atoms with Crippen LogP contribution in [0.2, 0.25) is 0 Å². The standard InChI is InChI=1S/C17H17NO/c1-3-8-15-16(18(13-4-2)17(15)19)12-11-14-9-6-5-7-10-14/h2-3,5-7,9-12,15-16H,1,8,13H2/b12-11+/t15-,16-/m1/s1. The van der Waals surface area contributed by atoms with Gasteiger partial charge in [-0.25, -0.2) is 0 Å². The number of allylic oxidation sites excluding steroid dienone is 1. The van der Waals surface area contributed by atoms with E-state index in [1.165, 1.54) is 0 Å². The number of β-lactam (4-membered cyclic amide) rings is 1. The van der Waals surface area contributed by atoms with E-state index in [4.69, 9.17) is 6.42 Å². The molecule has 1 heterocycles. The van der Waals surface area contributed by atoms with E-state index in [0.29, 0.717) is 13.0 Å². The summed E-state index contributed by atoms with van der Waals surface area (Å²) in [6.07, 6.45) is 11.9. The lowest BCUT2D eigenvalue weighted by Gasteiger charge is -2.44. The second kappa shape index (κ2) is 6.06. The zero-order valence-electron chi connectivity index (χ0n) is 10.8. The SMILES string of the molecule is C#CCN1C(=O)[C@H](CC=C)[C@H]1/C=C/c1ccccc1. The first-order valence-electron chi connectivity index (χ1n) is 6.36. The number of rotatable bonds is 5. The van der Waals surface area contributed by atoms with E-state index >= 15 is 0 Å². The van der Waals surface area contributed by atoms with Crippen molar-refractivity contribution in [3.8, 4) is 12.3 Å². The highest BCUT2D eigenvalue weighted by Gasteiger charge is 2.43. The quantitative estimate of drug-likeness (QED) is 0.447. The molecule has 0 unspecified atom stereocenters. The molecule has 2 nitrogen and oxygen atoms in total. The van der Waals surface area contributed by atoms with Crippen LogP contribution in [0.25, 0.3) is 6.08 Å². The minimum atomic E-state index is -0.00851. The highest BCUT2D eigenvalue weighted by Crippen LogP contribution is 2.30. The molecular formula is C17H17NO. The van der Waals surface area contributed by atoms with Gasteiger partial charge in [-0.05, 0) is 12.0 Å². The van der Waals surface area contributed by atoms with E-state index in [1.807, 2.05) is 36.4 Å². The minimum absolute atomic E-state index is 0.00851. The van der Waals surface area contributed by atoms with Crippen LogP contribution in [0.4, 0.5) is 0 Å². The number of likely N-dealkylation sites (tertiary alicyclic amines) is 1. The molecule has 0 N–H and O–H groups in total. The first-order valence-corrected chi connectivity index (χ1v) is 6.36. The van der Waals surface area contributed by atoms with Crippen LogP contribution in [-0.4, -0.2) is 23.4 Å². The fraction of sp³-hybridized carbons (Fsp3) is 0.235. The van der Waals surface area contributed by atoms with Gasteiger partial charge in [0.05, 0.1) is 18.5 Å². The Hall–Kier alpha value is -2.27. The lowest BCUT2D eigenvalue weighted by Crippen LogP contribution is -2.59. The maximum absolute atomic E-state index is 11.9. The van der Waals surface area contributed by atoms with Gasteiger partial charge in [0, 0.05) is 0 Å². The molecule has 2 atom stereocenters. The molecule has 1 aromatic carbocycles. The van der Waals surface area contributed by atoms with Crippen LogP contribution in [0.15, 0.2) is 49.1 Å². The molecule has 0 aromatic heterocycles. The van der Waals surface area contributed by atoms with Crippen LogP contribution in [0, 0.1) is 18.3 Å². The summed E-state index contributed by atoms with van der Waals surface area (Å²) in [4.78, 5) is 13.6. The topological polar surface area (TPSA) is 20.3 Å². The van der Waals surface area contributed by atoms with E-state index in [-0.39, 0.29) is 17.9 Å². The second-order valence-electron chi connectivity index (χ2n) is 4.56. The number of terminal acetylenes is 1. The normalized spacial score (nSPS) is 22.1. The Labute approximate surface area is 114 Å². The highest BCUT2D eigenvalue weighted by atomic mass is 16.2. The molecule has 1 amide bonds. The summed E-state index contributed by atoms with van der Waals surface area (Å²) in [6, 6.07) is 10.1. The first kappa shape index (κ1) is 13.2. The predicted octanol–water partition coefficient (Wildman–Crippen LogP) is 2.74. The molecule has 1 aromatic rings. The molecule has 1 aliphatic heterocycles. The Morgan fingerprint density at radius 1 is 1.37 bits per heavy atom. The first-order chi connectivity index (χ1) is 9.27. The largest absolute Gasteiger partial charge is 0.324 e. The van der Waals surface area contributed by atoms with Crippen molar-refractivity contribution in [2.45, 2.75) is 12.5 Å². The van der Waals surface area contributed by atoms with E-state index in [1.54, 1.807) is 11.0 Å². The van der Waals surface area contributed by atoms with E-state index in [0.717, 1.165) is 5.56 Å². The van der Waals surface area contributed by atoms with Gasteiger partial charge in [-0.1, -0.05) is 54.5 Å².